The molecule has 0 radical (unpaired) electrons. The minimum absolute atomic E-state index is 0.149. The van der Waals surface area contributed by atoms with Crippen molar-refractivity contribution in [2.24, 2.45) is 0 Å². The predicted octanol–water partition coefficient (Wildman–Crippen LogP) is 3.61. The van der Waals surface area contributed by atoms with E-state index in [0.717, 1.165) is 5.56 Å². The number of ether oxygens (including phenoxy) is 1. The molecule has 1 aromatic carbocycles. The minimum atomic E-state index is -0.290. The fourth-order valence-electron chi connectivity index (χ4n) is 2.08. The van der Waals surface area contributed by atoms with Crippen LogP contribution in [0.5, 0.6) is 5.75 Å². The first-order valence-corrected chi connectivity index (χ1v) is 5.13. The molecule has 0 spiro atoms. The molecule has 3 heteroatoms. The molecule has 0 amide bonds. The third-order valence-electron chi connectivity index (χ3n) is 2.76. The molecule has 3 rings (SSSR count). The van der Waals surface area contributed by atoms with Crippen LogP contribution in [-0.4, -0.2) is 6.10 Å². The van der Waals surface area contributed by atoms with Gasteiger partial charge in [-0.05, 0) is 24.3 Å². The molecule has 76 valence electrons. The van der Waals surface area contributed by atoms with Gasteiger partial charge in [0.1, 0.15) is 17.7 Å². The van der Waals surface area contributed by atoms with E-state index in [1.807, 2.05) is 12.1 Å². The maximum Gasteiger partial charge on any atom is 0.130 e. The van der Waals surface area contributed by atoms with E-state index in [0.29, 0.717) is 10.8 Å². The zero-order valence-corrected chi connectivity index (χ0v) is 8.54. The predicted molar refractivity (Wildman–Crippen MR) is 56.9 cm³/mol. The van der Waals surface area contributed by atoms with Gasteiger partial charge in [-0.15, -0.1) is 0 Å². The first kappa shape index (κ1) is 8.98. The molecule has 1 aliphatic heterocycles. The Kier molecular flexibility index (Phi) is 1.86. The zero-order valence-electron chi connectivity index (χ0n) is 7.78. The fraction of sp³-hybridized carbons (Fsp3) is 0.167. The first-order chi connectivity index (χ1) is 7.25. The van der Waals surface area contributed by atoms with Gasteiger partial charge >= 0.3 is 0 Å². The average Bonchev–Trinajstić information content (AvgIpc) is 2.56. The lowest BCUT2D eigenvalue weighted by Crippen LogP contribution is -2.18. The molecule has 1 aliphatic carbocycles. The summed E-state index contributed by atoms with van der Waals surface area (Å²) in [7, 11) is 0. The van der Waals surface area contributed by atoms with Crippen LogP contribution in [0.25, 0.3) is 0 Å². The lowest BCUT2D eigenvalue weighted by Gasteiger charge is -2.16. The molecule has 1 heterocycles. The molecule has 1 aromatic rings. The van der Waals surface area contributed by atoms with Crippen molar-refractivity contribution in [3.8, 4) is 5.75 Å². The van der Waals surface area contributed by atoms with E-state index in [9.17, 15) is 4.39 Å². The molecular weight excluding hydrogens is 215 g/mol. The van der Waals surface area contributed by atoms with E-state index in [1.165, 1.54) is 6.08 Å². The number of fused-ring (bicyclic) bond motifs is 3. The Morgan fingerprint density at radius 3 is 3.07 bits per heavy atom. The van der Waals surface area contributed by atoms with E-state index < -0.39 is 0 Å². The second kappa shape index (κ2) is 3.11. The molecule has 15 heavy (non-hydrogen) atoms. The summed E-state index contributed by atoms with van der Waals surface area (Å²) in [4.78, 5) is 0. The monoisotopic (exact) mass is 222 g/mol. The lowest BCUT2D eigenvalue weighted by atomic mass is 9.91. The minimum Gasteiger partial charge on any atom is -0.485 e. The van der Waals surface area contributed by atoms with Gasteiger partial charge in [-0.25, -0.2) is 4.39 Å². The van der Waals surface area contributed by atoms with Crippen molar-refractivity contribution in [2.75, 3.05) is 0 Å². The Morgan fingerprint density at radius 1 is 1.33 bits per heavy atom. The van der Waals surface area contributed by atoms with Crippen molar-refractivity contribution in [1.82, 2.24) is 0 Å². The van der Waals surface area contributed by atoms with Gasteiger partial charge in [-0.3, -0.25) is 0 Å². The maximum atomic E-state index is 13.6. The highest BCUT2D eigenvalue weighted by Crippen LogP contribution is 2.45. The Labute approximate surface area is 91.8 Å². The van der Waals surface area contributed by atoms with Crippen molar-refractivity contribution < 1.29 is 9.13 Å². The van der Waals surface area contributed by atoms with Crippen LogP contribution in [0.3, 0.4) is 0 Å². The highest BCUT2D eigenvalue weighted by atomic mass is 35.5. The van der Waals surface area contributed by atoms with Crippen LogP contribution < -0.4 is 4.74 Å². The Bertz CT molecular complexity index is 479. The Balaban J connectivity index is 2.13. The van der Waals surface area contributed by atoms with Gasteiger partial charge in [0.05, 0.1) is 5.92 Å². The largest absolute Gasteiger partial charge is 0.485 e. The normalized spacial score (nSPS) is 26.7. The highest BCUT2D eigenvalue weighted by Gasteiger charge is 2.37. The molecule has 0 N–H and O–H groups in total. The van der Waals surface area contributed by atoms with Crippen LogP contribution in [0.2, 0.25) is 5.02 Å². The summed E-state index contributed by atoms with van der Waals surface area (Å²) < 4.78 is 19.2. The third kappa shape index (κ3) is 1.29. The van der Waals surface area contributed by atoms with E-state index in [-0.39, 0.29) is 17.8 Å². The van der Waals surface area contributed by atoms with Crippen LogP contribution in [-0.2, 0) is 0 Å². The summed E-state index contributed by atoms with van der Waals surface area (Å²) in [6, 6.07) is 5.32. The topological polar surface area (TPSA) is 9.23 Å². The number of rotatable bonds is 0. The number of allylic oxidation sites excluding steroid dienone is 2. The lowest BCUT2D eigenvalue weighted by molar-refractivity contribution is 0.253. The molecular formula is C12H8ClFO. The highest BCUT2D eigenvalue weighted by molar-refractivity contribution is 6.30. The Hall–Kier alpha value is -1.28. The van der Waals surface area contributed by atoms with Crippen molar-refractivity contribution in [2.45, 2.75) is 12.0 Å². The summed E-state index contributed by atoms with van der Waals surface area (Å²) in [5, 5.41) is 0.612. The third-order valence-corrected chi connectivity index (χ3v) is 2.99. The summed E-state index contributed by atoms with van der Waals surface area (Å²) in [5.74, 6) is 0.249. The van der Waals surface area contributed by atoms with E-state index in [2.05, 4.69) is 0 Å². The molecule has 0 aromatic heterocycles. The number of hydrogen-bond donors (Lipinski definition) is 0. The van der Waals surface area contributed by atoms with Crippen molar-refractivity contribution in [3.05, 3.63) is 52.8 Å². The van der Waals surface area contributed by atoms with Crippen molar-refractivity contribution >= 4 is 11.6 Å². The summed E-state index contributed by atoms with van der Waals surface area (Å²) >= 11 is 5.85. The molecule has 0 saturated heterocycles. The molecule has 2 unspecified atom stereocenters. The van der Waals surface area contributed by atoms with Crippen LogP contribution in [0.1, 0.15) is 11.5 Å². The van der Waals surface area contributed by atoms with Crippen LogP contribution in [0.15, 0.2) is 42.3 Å². The van der Waals surface area contributed by atoms with Crippen LogP contribution in [0, 0.1) is 0 Å². The van der Waals surface area contributed by atoms with Gasteiger partial charge in [0.15, 0.2) is 0 Å². The second-order valence-electron chi connectivity index (χ2n) is 3.68. The van der Waals surface area contributed by atoms with Crippen LogP contribution >= 0.6 is 11.6 Å². The van der Waals surface area contributed by atoms with Crippen LogP contribution in [0.4, 0.5) is 4.39 Å². The summed E-state index contributed by atoms with van der Waals surface area (Å²) in [6.07, 6.45) is 4.81. The molecule has 0 saturated carbocycles. The Morgan fingerprint density at radius 2 is 2.20 bits per heavy atom. The second-order valence-corrected chi connectivity index (χ2v) is 4.12. The fourth-order valence-corrected chi connectivity index (χ4v) is 2.24. The summed E-state index contributed by atoms with van der Waals surface area (Å²) in [6.45, 7) is 0. The van der Waals surface area contributed by atoms with Gasteiger partial charge in [0, 0.05) is 10.6 Å². The van der Waals surface area contributed by atoms with Crippen molar-refractivity contribution in [3.63, 3.8) is 0 Å². The van der Waals surface area contributed by atoms with Gasteiger partial charge in [-0.2, -0.15) is 0 Å². The van der Waals surface area contributed by atoms with Gasteiger partial charge < -0.3 is 4.74 Å². The SMILES string of the molecule is FC1=CC=CC2Oc3cc(Cl)ccc3C12. The number of benzene rings is 1. The molecule has 0 bridgehead atoms. The smallest absolute Gasteiger partial charge is 0.130 e. The number of halogens is 2. The maximum absolute atomic E-state index is 13.6. The molecule has 0 fully saturated rings. The van der Waals surface area contributed by atoms with Gasteiger partial charge in [-0.1, -0.05) is 23.7 Å². The van der Waals surface area contributed by atoms with Gasteiger partial charge in [0.2, 0.25) is 0 Å². The standard InChI is InChI=1S/C12H8ClFO/c13-7-4-5-8-11(6-7)15-10-3-1-2-9(14)12(8)10/h1-6,10,12H. The quantitative estimate of drug-likeness (QED) is 0.652. The molecule has 2 aliphatic rings. The molecule has 2 atom stereocenters. The first-order valence-electron chi connectivity index (χ1n) is 4.76. The zero-order chi connectivity index (χ0) is 10.4. The summed E-state index contributed by atoms with van der Waals surface area (Å²) in [5.41, 5.74) is 0.877. The molecule has 1 nitrogen and oxygen atoms in total. The van der Waals surface area contributed by atoms with Crippen molar-refractivity contribution in [1.29, 1.82) is 0 Å². The van der Waals surface area contributed by atoms with E-state index in [4.69, 9.17) is 16.3 Å². The average molecular weight is 223 g/mol. The van der Waals surface area contributed by atoms with Gasteiger partial charge in [0.25, 0.3) is 0 Å². The number of hydrogen-bond acceptors (Lipinski definition) is 1. The van der Waals surface area contributed by atoms with E-state index >= 15 is 0 Å². The van der Waals surface area contributed by atoms with E-state index in [1.54, 1.807) is 18.2 Å².